The summed E-state index contributed by atoms with van der Waals surface area (Å²) in [6.45, 7) is 1.69. The summed E-state index contributed by atoms with van der Waals surface area (Å²) in [7, 11) is 3.88. The van der Waals surface area contributed by atoms with E-state index < -0.39 is 0 Å². The van der Waals surface area contributed by atoms with Gasteiger partial charge in [0.1, 0.15) is 5.82 Å². The van der Waals surface area contributed by atoms with E-state index in [-0.39, 0.29) is 12.5 Å². The lowest BCUT2D eigenvalue weighted by Gasteiger charge is -2.09. The molecule has 2 aromatic heterocycles. The molecule has 156 valence electrons. The van der Waals surface area contributed by atoms with Gasteiger partial charge in [0.2, 0.25) is 0 Å². The predicted molar refractivity (Wildman–Crippen MR) is 119 cm³/mol. The first-order valence-electron chi connectivity index (χ1n) is 10.2. The van der Waals surface area contributed by atoms with Crippen LogP contribution in [-0.2, 0) is 26.7 Å². The number of fused-ring (bicyclic) bond motifs is 2. The quantitative estimate of drug-likeness (QED) is 0.536. The Balaban J connectivity index is 1.43. The zero-order valence-corrected chi connectivity index (χ0v) is 17.5. The maximum atomic E-state index is 12.8. The lowest BCUT2D eigenvalue weighted by atomic mass is 10.0. The molecule has 0 saturated heterocycles. The van der Waals surface area contributed by atoms with Crippen LogP contribution in [0, 0.1) is 0 Å². The number of anilines is 1. The van der Waals surface area contributed by atoms with Gasteiger partial charge in [-0.25, -0.2) is 4.98 Å². The Hall–Kier alpha value is -3.55. The SMILES string of the molecule is CN1Cc2ccc(C(=O)Nc3cc4cc(-c5cnn(C)c5CO)ccc4cn3)cc2C1. The fourth-order valence-electron chi connectivity index (χ4n) is 4.16. The van der Waals surface area contributed by atoms with Crippen LogP contribution in [0.15, 0.2) is 54.9 Å². The number of nitrogens with one attached hydrogen (secondary N) is 1. The fourth-order valence-corrected chi connectivity index (χ4v) is 4.16. The third kappa shape index (κ3) is 3.58. The van der Waals surface area contributed by atoms with Crippen LogP contribution in [-0.4, -0.2) is 37.7 Å². The highest BCUT2D eigenvalue weighted by atomic mass is 16.3. The fraction of sp³-hybridized carbons (Fsp3) is 0.208. The summed E-state index contributed by atoms with van der Waals surface area (Å²) in [6.07, 6.45) is 3.50. The van der Waals surface area contributed by atoms with E-state index in [0.29, 0.717) is 11.4 Å². The Kier molecular flexibility index (Phi) is 4.77. The van der Waals surface area contributed by atoms with E-state index in [4.69, 9.17) is 0 Å². The summed E-state index contributed by atoms with van der Waals surface area (Å²) in [5, 5.41) is 18.8. The number of aryl methyl sites for hydroxylation is 1. The number of aliphatic hydroxyl groups is 1. The molecule has 5 rings (SSSR count). The maximum absolute atomic E-state index is 12.8. The van der Waals surface area contributed by atoms with Crippen molar-refractivity contribution in [2.75, 3.05) is 12.4 Å². The third-order valence-corrected chi connectivity index (χ3v) is 5.83. The van der Waals surface area contributed by atoms with Crippen LogP contribution < -0.4 is 5.32 Å². The summed E-state index contributed by atoms with van der Waals surface area (Å²) in [6, 6.07) is 13.7. The van der Waals surface area contributed by atoms with Crippen molar-refractivity contribution in [1.29, 1.82) is 0 Å². The summed E-state index contributed by atoms with van der Waals surface area (Å²) in [5.74, 6) is 0.330. The number of pyridine rings is 1. The first-order valence-corrected chi connectivity index (χ1v) is 10.2. The van der Waals surface area contributed by atoms with Crippen molar-refractivity contribution in [3.63, 3.8) is 0 Å². The Bertz CT molecular complexity index is 1310. The molecule has 7 heteroatoms. The zero-order chi connectivity index (χ0) is 21.5. The molecule has 0 fully saturated rings. The standard InChI is InChI=1S/C24H23N5O2/c1-28-12-18-6-4-16(8-20(18)13-28)24(31)27-23-9-19-7-15(3-5-17(19)10-25-23)21-11-26-29(2)22(21)14-30/h3-11,30H,12-14H2,1-2H3,(H,25,27,31). The van der Waals surface area contributed by atoms with Crippen molar-refractivity contribution in [3.8, 4) is 11.1 Å². The maximum Gasteiger partial charge on any atom is 0.256 e. The molecule has 4 aromatic rings. The predicted octanol–water partition coefficient (Wildman–Crippen LogP) is 3.33. The van der Waals surface area contributed by atoms with Crippen LogP contribution in [0.5, 0.6) is 0 Å². The second-order valence-electron chi connectivity index (χ2n) is 8.03. The number of carbonyl (C=O) groups is 1. The monoisotopic (exact) mass is 413 g/mol. The van der Waals surface area contributed by atoms with Crippen molar-refractivity contribution in [1.82, 2.24) is 19.7 Å². The van der Waals surface area contributed by atoms with Gasteiger partial charge >= 0.3 is 0 Å². The van der Waals surface area contributed by atoms with Gasteiger partial charge in [0, 0.05) is 42.8 Å². The van der Waals surface area contributed by atoms with E-state index in [2.05, 4.69) is 27.3 Å². The number of benzene rings is 2. The molecule has 1 aliphatic heterocycles. The van der Waals surface area contributed by atoms with Gasteiger partial charge < -0.3 is 10.4 Å². The summed E-state index contributed by atoms with van der Waals surface area (Å²) >= 11 is 0. The van der Waals surface area contributed by atoms with Crippen molar-refractivity contribution in [2.45, 2.75) is 19.7 Å². The molecule has 31 heavy (non-hydrogen) atoms. The number of nitrogens with zero attached hydrogens (tertiary/aromatic N) is 4. The number of hydrogen-bond donors (Lipinski definition) is 2. The summed E-state index contributed by atoms with van der Waals surface area (Å²) in [4.78, 5) is 19.4. The van der Waals surface area contributed by atoms with Crippen molar-refractivity contribution in [3.05, 3.63) is 77.2 Å². The first kappa shape index (κ1) is 19.4. The molecule has 1 aliphatic rings. The van der Waals surface area contributed by atoms with E-state index in [1.807, 2.05) is 49.5 Å². The molecule has 0 saturated carbocycles. The van der Waals surface area contributed by atoms with E-state index in [1.54, 1.807) is 17.1 Å². The van der Waals surface area contributed by atoms with Gasteiger partial charge in [-0.05, 0) is 53.4 Å². The highest BCUT2D eigenvalue weighted by molar-refractivity contribution is 6.04. The van der Waals surface area contributed by atoms with Crippen LogP contribution in [0.25, 0.3) is 21.9 Å². The van der Waals surface area contributed by atoms with E-state index >= 15 is 0 Å². The number of amides is 1. The minimum Gasteiger partial charge on any atom is -0.390 e. The number of aliphatic hydroxyl groups excluding tert-OH is 1. The summed E-state index contributed by atoms with van der Waals surface area (Å²) in [5.41, 5.74) is 5.69. The Morgan fingerprint density at radius 1 is 1.03 bits per heavy atom. The lowest BCUT2D eigenvalue weighted by Crippen LogP contribution is -2.13. The Morgan fingerprint density at radius 2 is 1.87 bits per heavy atom. The van der Waals surface area contributed by atoms with Crippen molar-refractivity contribution < 1.29 is 9.90 Å². The molecule has 1 amide bonds. The van der Waals surface area contributed by atoms with Crippen LogP contribution in [0.2, 0.25) is 0 Å². The molecular weight excluding hydrogens is 390 g/mol. The van der Waals surface area contributed by atoms with Gasteiger partial charge in [-0.3, -0.25) is 14.4 Å². The van der Waals surface area contributed by atoms with E-state index in [0.717, 1.165) is 40.7 Å². The molecule has 2 N–H and O–H groups in total. The van der Waals surface area contributed by atoms with Gasteiger partial charge in [0.05, 0.1) is 18.5 Å². The highest BCUT2D eigenvalue weighted by Crippen LogP contribution is 2.28. The van der Waals surface area contributed by atoms with Gasteiger partial charge in [-0.15, -0.1) is 0 Å². The zero-order valence-electron chi connectivity index (χ0n) is 17.5. The van der Waals surface area contributed by atoms with Gasteiger partial charge in [0.15, 0.2) is 0 Å². The van der Waals surface area contributed by atoms with Crippen LogP contribution in [0.3, 0.4) is 0 Å². The van der Waals surface area contributed by atoms with Crippen LogP contribution >= 0.6 is 0 Å². The molecule has 7 nitrogen and oxygen atoms in total. The Morgan fingerprint density at radius 3 is 2.71 bits per heavy atom. The number of carbonyl (C=O) groups excluding carboxylic acids is 1. The number of hydrogen-bond acceptors (Lipinski definition) is 5. The topological polar surface area (TPSA) is 83.3 Å². The first-order chi connectivity index (χ1) is 15.0. The minimum atomic E-state index is -0.171. The summed E-state index contributed by atoms with van der Waals surface area (Å²) < 4.78 is 1.67. The van der Waals surface area contributed by atoms with Crippen LogP contribution in [0.4, 0.5) is 5.82 Å². The molecule has 0 spiro atoms. The second-order valence-corrected chi connectivity index (χ2v) is 8.03. The molecule has 3 heterocycles. The highest BCUT2D eigenvalue weighted by Gasteiger charge is 2.18. The largest absolute Gasteiger partial charge is 0.390 e. The lowest BCUT2D eigenvalue weighted by molar-refractivity contribution is 0.102. The average Bonchev–Trinajstić information content (AvgIpc) is 3.33. The normalized spacial score (nSPS) is 13.5. The number of aromatic nitrogens is 3. The number of rotatable bonds is 4. The molecule has 0 atom stereocenters. The van der Waals surface area contributed by atoms with E-state index in [1.165, 1.54) is 11.1 Å². The van der Waals surface area contributed by atoms with E-state index in [9.17, 15) is 9.90 Å². The van der Waals surface area contributed by atoms with Crippen molar-refractivity contribution in [2.24, 2.45) is 7.05 Å². The molecule has 0 aliphatic carbocycles. The molecule has 0 bridgehead atoms. The van der Waals surface area contributed by atoms with Gasteiger partial charge in [-0.2, -0.15) is 5.10 Å². The van der Waals surface area contributed by atoms with Crippen molar-refractivity contribution >= 4 is 22.5 Å². The smallest absolute Gasteiger partial charge is 0.256 e. The second kappa shape index (κ2) is 7.61. The average molecular weight is 413 g/mol. The molecular formula is C24H23N5O2. The van der Waals surface area contributed by atoms with Gasteiger partial charge in [-0.1, -0.05) is 18.2 Å². The molecule has 0 unspecified atom stereocenters. The molecule has 0 radical (unpaired) electrons. The van der Waals surface area contributed by atoms with Crippen LogP contribution in [0.1, 0.15) is 27.2 Å². The molecule has 2 aromatic carbocycles. The van der Waals surface area contributed by atoms with Gasteiger partial charge in [0.25, 0.3) is 5.91 Å². The Labute approximate surface area is 180 Å². The third-order valence-electron chi connectivity index (χ3n) is 5.83. The minimum absolute atomic E-state index is 0.0852.